The minimum Gasteiger partial charge on any atom is -0.359 e. The Bertz CT molecular complexity index is 599. The van der Waals surface area contributed by atoms with Gasteiger partial charge in [-0.05, 0) is 19.1 Å². The van der Waals surface area contributed by atoms with Crippen LogP contribution in [0, 0.1) is 6.92 Å². The molecule has 0 radical (unpaired) electrons. The van der Waals surface area contributed by atoms with Crippen LogP contribution < -0.4 is 4.90 Å². The van der Waals surface area contributed by atoms with Gasteiger partial charge in [-0.25, -0.2) is 9.97 Å². The van der Waals surface area contributed by atoms with Gasteiger partial charge < -0.3 is 4.90 Å². The molecule has 4 nitrogen and oxygen atoms in total. The van der Waals surface area contributed by atoms with Crippen molar-refractivity contribution in [3.63, 3.8) is 0 Å². The lowest BCUT2D eigenvalue weighted by Crippen LogP contribution is -2.23. The molecule has 2 rings (SSSR count). The molecular formula is C14H15F3N4. The maximum Gasteiger partial charge on any atom is 0.433 e. The fourth-order valence-corrected chi connectivity index (χ4v) is 1.84. The summed E-state index contributed by atoms with van der Waals surface area (Å²) in [5.41, 5.74) is -0.0409. The summed E-state index contributed by atoms with van der Waals surface area (Å²) in [7, 11) is 1.70. The van der Waals surface area contributed by atoms with Crippen LogP contribution >= 0.6 is 0 Å². The lowest BCUT2D eigenvalue weighted by Gasteiger charge is -2.19. The minimum absolute atomic E-state index is 0.101. The second-order valence-electron chi connectivity index (χ2n) is 4.65. The van der Waals surface area contributed by atoms with Crippen molar-refractivity contribution in [1.29, 1.82) is 0 Å². The Morgan fingerprint density at radius 3 is 2.57 bits per heavy atom. The van der Waals surface area contributed by atoms with Crippen LogP contribution in [-0.2, 0) is 12.6 Å². The van der Waals surface area contributed by atoms with E-state index in [1.54, 1.807) is 18.1 Å². The number of aryl methyl sites for hydroxylation is 1. The van der Waals surface area contributed by atoms with Gasteiger partial charge >= 0.3 is 6.18 Å². The summed E-state index contributed by atoms with van der Waals surface area (Å²) in [6.45, 7) is 1.97. The highest BCUT2D eigenvalue weighted by molar-refractivity contribution is 5.39. The largest absolute Gasteiger partial charge is 0.433 e. The van der Waals surface area contributed by atoms with E-state index in [1.807, 2.05) is 18.2 Å². The number of aromatic nitrogens is 3. The number of anilines is 1. The molecule has 0 unspecified atom stereocenters. The van der Waals surface area contributed by atoms with Crippen LogP contribution in [0.3, 0.4) is 0 Å². The van der Waals surface area contributed by atoms with Crippen LogP contribution in [0.15, 0.2) is 30.5 Å². The van der Waals surface area contributed by atoms with Crippen LogP contribution in [-0.4, -0.2) is 28.5 Å². The first kappa shape index (κ1) is 15.2. The van der Waals surface area contributed by atoms with Crippen molar-refractivity contribution in [2.75, 3.05) is 18.5 Å². The van der Waals surface area contributed by atoms with E-state index in [1.165, 1.54) is 6.92 Å². The highest BCUT2D eigenvalue weighted by Gasteiger charge is 2.33. The van der Waals surface area contributed by atoms with Gasteiger partial charge in [-0.1, -0.05) is 6.07 Å². The fraction of sp³-hybridized carbons (Fsp3) is 0.357. The molecule has 0 saturated heterocycles. The van der Waals surface area contributed by atoms with Crippen molar-refractivity contribution in [2.45, 2.75) is 19.5 Å². The summed E-state index contributed by atoms with van der Waals surface area (Å²) in [4.78, 5) is 13.3. The Morgan fingerprint density at radius 1 is 1.19 bits per heavy atom. The maximum atomic E-state index is 12.7. The Labute approximate surface area is 120 Å². The monoisotopic (exact) mass is 296 g/mol. The molecule has 7 heteroatoms. The number of likely N-dealkylation sites (N-methyl/N-ethyl adjacent to an activating group) is 1. The number of halogens is 3. The van der Waals surface area contributed by atoms with Gasteiger partial charge in [0.1, 0.15) is 17.3 Å². The topological polar surface area (TPSA) is 41.9 Å². The Balaban J connectivity index is 2.12. The number of nitrogens with zero attached hydrogens (tertiary/aromatic N) is 4. The van der Waals surface area contributed by atoms with Crippen molar-refractivity contribution >= 4 is 5.82 Å². The molecule has 0 bridgehead atoms. The van der Waals surface area contributed by atoms with Crippen molar-refractivity contribution in [3.05, 3.63) is 47.7 Å². The molecule has 2 aromatic rings. The molecular weight excluding hydrogens is 281 g/mol. The zero-order chi connectivity index (χ0) is 15.5. The molecule has 0 aliphatic carbocycles. The van der Waals surface area contributed by atoms with Crippen LogP contribution in [0.4, 0.5) is 19.0 Å². The first-order valence-electron chi connectivity index (χ1n) is 6.40. The van der Waals surface area contributed by atoms with Crippen molar-refractivity contribution in [2.24, 2.45) is 0 Å². The van der Waals surface area contributed by atoms with E-state index in [-0.39, 0.29) is 11.6 Å². The minimum atomic E-state index is -4.47. The van der Waals surface area contributed by atoms with E-state index < -0.39 is 11.9 Å². The average molecular weight is 296 g/mol. The van der Waals surface area contributed by atoms with Gasteiger partial charge in [-0.3, -0.25) is 4.98 Å². The predicted molar refractivity (Wildman–Crippen MR) is 73.0 cm³/mol. The molecule has 112 valence electrons. The summed E-state index contributed by atoms with van der Waals surface area (Å²) >= 11 is 0. The maximum absolute atomic E-state index is 12.7. The van der Waals surface area contributed by atoms with Crippen LogP contribution in [0.25, 0.3) is 0 Å². The highest BCUT2D eigenvalue weighted by atomic mass is 19.4. The summed E-state index contributed by atoms with van der Waals surface area (Å²) in [5.74, 6) is 0.357. The highest BCUT2D eigenvalue weighted by Crippen LogP contribution is 2.29. The smallest absolute Gasteiger partial charge is 0.359 e. The second kappa shape index (κ2) is 6.07. The first-order valence-corrected chi connectivity index (χ1v) is 6.40. The molecule has 0 atom stereocenters. The van der Waals surface area contributed by atoms with Crippen LogP contribution in [0.2, 0.25) is 0 Å². The van der Waals surface area contributed by atoms with E-state index in [0.29, 0.717) is 13.0 Å². The van der Waals surface area contributed by atoms with Gasteiger partial charge in [0.2, 0.25) is 0 Å². The number of alkyl halides is 3. The molecule has 2 heterocycles. The SMILES string of the molecule is Cc1nc(N(C)CCc2ccccn2)cc(C(F)(F)F)n1. The Hall–Kier alpha value is -2.18. The number of hydrogen-bond donors (Lipinski definition) is 0. The molecule has 0 spiro atoms. The Morgan fingerprint density at radius 2 is 1.95 bits per heavy atom. The fourth-order valence-electron chi connectivity index (χ4n) is 1.84. The zero-order valence-corrected chi connectivity index (χ0v) is 11.7. The average Bonchev–Trinajstić information content (AvgIpc) is 2.44. The summed E-state index contributed by atoms with van der Waals surface area (Å²) in [6, 6.07) is 6.53. The molecule has 21 heavy (non-hydrogen) atoms. The van der Waals surface area contributed by atoms with Gasteiger partial charge in [0, 0.05) is 38.0 Å². The molecule has 2 aromatic heterocycles. The first-order chi connectivity index (χ1) is 9.86. The third kappa shape index (κ3) is 4.14. The van der Waals surface area contributed by atoms with Gasteiger partial charge in [0.25, 0.3) is 0 Å². The molecule has 0 aliphatic heterocycles. The normalized spacial score (nSPS) is 11.5. The summed E-state index contributed by atoms with van der Waals surface area (Å²) < 4.78 is 38.2. The van der Waals surface area contributed by atoms with Gasteiger partial charge in [-0.15, -0.1) is 0 Å². The lowest BCUT2D eigenvalue weighted by molar-refractivity contribution is -0.141. The molecule has 0 aromatic carbocycles. The van der Waals surface area contributed by atoms with Gasteiger partial charge in [0.15, 0.2) is 0 Å². The molecule has 0 N–H and O–H groups in total. The summed E-state index contributed by atoms with van der Waals surface area (Å²) in [5, 5.41) is 0. The van der Waals surface area contributed by atoms with Crippen molar-refractivity contribution in [1.82, 2.24) is 15.0 Å². The van der Waals surface area contributed by atoms with Crippen molar-refractivity contribution < 1.29 is 13.2 Å². The second-order valence-corrected chi connectivity index (χ2v) is 4.65. The third-order valence-electron chi connectivity index (χ3n) is 2.94. The van der Waals surface area contributed by atoms with Crippen molar-refractivity contribution in [3.8, 4) is 0 Å². The number of rotatable bonds is 4. The molecule has 0 amide bonds. The van der Waals surface area contributed by atoms with Gasteiger partial charge in [0.05, 0.1) is 0 Å². The van der Waals surface area contributed by atoms with Crippen LogP contribution in [0.5, 0.6) is 0 Å². The van der Waals surface area contributed by atoms with E-state index in [4.69, 9.17) is 0 Å². The van der Waals surface area contributed by atoms with Crippen LogP contribution in [0.1, 0.15) is 17.2 Å². The quantitative estimate of drug-likeness (QED) is 0.870. The molecule has 0 fully saturated rings. The lowest BCUT2D eigenvalue weighted by atomic mass is 10.2. The zero-order valence-electron chi connectivity index (χ0n) is 11.7. The standard InChI is InChI=1S/C14H15F3N4/c1-10-19-12(14(15,16)17)9-13(20-10)21(2)8-6-11-5-3-4-7-18-11/h3-5,7,9H,6,8H2,1-2H3. The summed E-state index contributed by atoms with van der Waals surface area (Å²) in [6.07, 6.45) is -2.15. The van der Waals surface area contributed by atoms with E-state index in [2.05, 4.69) is 15.0 Å². The number of pyridine rings is 1. The number of hydrogen-bond acceptors (Lipinski definition) is 4. The van der Waals surface area contributed by atoms with E-state index in [9.17, 15) is 13.2 Å². The molecule has 0 saturated carbocycles. The Kier molecular flexibility index (Phi) is 4.40. The third-order valence-corrected chi connectivity index (χ3v) is 2.94. The van der Waals surface area contributed by atoms with E-state index in [0.717, 1.165) is 11.8 Å². The van der Waals surface area contributed by atoms with Gasteiger partial charge in [-0.2, -0.15) is 13.2 Å². The molecule has 0 aliphatic rings. The predicted octanol–water partition coefficient (Wildman–Crippen LogP) is 2.88. The van der Waals surface area contributed by atoms with E-state index >= 15 is 0 Å².